The number of para-hydroxylation sites is 1. The van der Waals surface area contributed by atoms with Gasteiger partial charge >= 0.3 is 5.97 Å². The molecule has 1 N–H and O–H groups in total. The summed E-state index contributed by atoms with van der Waals surface area (Å²) in [6, 6.07) is 12.1. The van der Waals surface area contributed by atoms with Crippen LogP contribution in [0.1, 0.15) is 23.9 Å². The van der Waals surface area contributed by atoms with Crippen molar-refractivity contribution in [3.63, 3.8) is 0 Å². The van der Waals surface area contributed by atoms with Crippen molar-refractivity contribution in [2.24, 2.45) is 0 Å². The maximum absolute atomic E-state index is 10.9. The third-order valence-electron chi connectivity index (χ3n) is 3.19. The highest BCUT2D eigenvalue weighted by atomic mass is 16.4. The summed E-state index contributed by atoms with van der Waals surface area (Å²) in [5.41, 5.74) is 4.51. The minimum atomic E-state index is -0.885. The van der Waals surface area contributed by atoms with Crippen molar-refractivity contribution in [2.45, 2.75) is 20.8 Å². The SMILES string of the molecule is C/C(=C\c1cc(C)n(-c2ccccc2)c1C)C(=O)O. The van der Waals surface area contributed by atoms with E-state index in [2.05, 4.69) is 4.57 Å². The number of nitrogens with zero attached hydrogens (tertiary/aromatic N) is 1. The molecule has 0 saturated heterocycles. The lowest BCUT2D eigenvalue weighted by Crippen LogP contribution is -1.99. The summed E-state index contributed by atoms with van der Waals surface area (Å²) >= 11 is 0. The Labute approximate surface area is 112 Å². The second kappa shape index (κ2) is 5.14. The maximum Gasteiger partial charge on any atom is 0.331 e. The van der Waals surface area contributed by atoms with E-state index in [-0.39, 0.29) is 0 Å². The van der Waals surface area contributed by atoms with Gasteiger partial charge in [0.15, 0.2) is 0 Å². The predicted molar refractivity (Wildman–Crippen MR) is 76.5 cm³/mol. The zero-order chi connectivity index (χ0) is 14.0. The number of carbonyl (C=O) groups is 1. The summed E-state index contributed by atoms with van der Waals surface area (Å²) in [4.78, 5) is 10.9. The van der Waals surface area contributed by atoms with Crippen LogP contribution >= 0.6 is 0 Å². The minimum absolute atomic E-state index is 0.341. The van der Waals surface area contributed by atoms with Crippen molar-refractivity contribution in [1.29, 1.82) is 0 Å². The summed E-state index contributed by atoms with van der Waals surface area (Å²) in [5, 5.41) is 8.95. The van der Waals surface area contributed by atoms with Crippen molar-refractivity contribution in [3.05, 3.63) is 58.9 Å². The third kappa shape index (κ3) is 2.60. The molecule has 3 heteroatoms. The predicted octanol–water partition coefficient (Wildman–Crippen LogP) is 3.58. The van der Waals surface area contributed by atoms with Gasteiger partial charge in [0, 0.05) is 22.6 Å². The Morgan fingerprint density at radius 3 is 2.42 bits per heavy atom. The van der Waals surface area contributed by atoms with Gasteiger partial charge in [-0.2, -0.15) is 0 Å². The molecule has 0 radical (unpaired) electrons. The van der Waals surface area contributed by atoms with Gasteiger partial charge in [0.05, 0.1) is 0 Å². The van der Waals surface area contributed by atoms with Crippen LogP contribution in [-0.2, 0) is 4.79 Å². The zero-order valence-electron chi connectivity index (χ0n) is 11.3. The van der Waals surface area contributed by atoms with E-state index < -0.39 is 5.97 Å². The summed E-state index contributed by atoms with van der Waals surface area (Å²) in [6.45, 7) is 5.63. The Hall–Kier alpha value is -2.29. The molecule has 0 unspecified atom stereocenters. The van der Waals surface area contributed by atoms with E-state index in [1.165, 1.54) is 0 Å². The van der Waals surface area contributed by atoms with Crippen LogP contribution in [0.5, 0.6) is 0 Å². The highest BCUT2D eigenvalue weighted by Crippen LogP contribution is 2.22. The third-order valence-corrected chi connectivity index (χ3v) is 3.19. The van der Waals surface area contributed by atoms with Crippen LogP contribution in [0.3, 0.4) is 0 Å². The van der Waals surface area contributed by atoms with E-state index in [1.807, 2.05) is 50.2 Å². The van der Waals surface area contributed by atoms with Gasteiger partial charge in [-0.25, -0.2) is 4.79 Å². The number of hydrogen-bond acceptors (Lipinski definition) is 1. The fourth-order valence-electron chi connectivity index (χ4n) is 2.20. The smallest absolute Gasteiger partial charge is 0.331 e. The summed E-state index contributed by atoms with van der Waals surface area (Å²) in [6.07, 6.45) is 1.71. The van der Waals surface area contributed by atoms with Crippen LogP contribution in [0.2, 0.25) is 0 Å². The van der Waals surface area contributed by atoms with Gasteiger partial charge in [0.1, 0.15) is 0 Å². The fraction of sp³-hybridized carbons (Fsp3) is 0.188. The normalized spacial score (nSPS) is 11.6. The van der Waals surface area contributed by atoms with Crippen LogP contribution < -0.4 is 0 Å². The first-order chi connectivity index (χ1) is 9.00. The van der Waals surface area contributed by atoms with Crippen molar-refractivity contribution in [2.75, 3.05) is 0 Å². The van der Waals surface area contributed by atoms with Gasteiger partial charge in [-0.3, -0.25) is 0 Å². The molecule has 1 aromatic heterocycles. The number of aromatic nitrogens is 1. The molecule has 3 nitrogen and oxygen atoms in total. The molecule has 2 rings (SSSR count). The number of benzene rings is 1. The molecule has 0 fully saturated rings. The lowest BCUT2D eigenvalue weighted by molar-refractivity contribution is -0.132. The van der Waals surface area contributed by atoms with E-state index in [0.29, 0.717) is 5.57 Å². The van der Waals surface area contributed by atoms with E-state index in [0.717, 1.165) is 22.6 Å². The molecule has 0 bridgehead atoms. The number of carboxylic acid groups (broad SMARTS) is 1. The maximum atomic E-state index is 10.9. The van der Waals surface area contributed by atoms with Crippen molar-refractivity contribution < 1.29 is 9.90 Å². The quantitative estimate of drug-likeness (QED) is 0.852. The van der Waals surface area contributed by atoms with Gasteiger partial charge in [0.2, 0.25) is 0 Å². The molecule has 1 heterocycles. The van der Waals surface area contributed by atoms with Crippen LogP contribution in [0.4, 0.5) is 0 Å². The second-order valence-electron chi connectivity index (χ2n) is 4.63. The number of carboxylic acids is 1. The first kappa shape index (κ1) is 13.1. The second-order valence-corrected chi connectivity index (χ2v) is 4.63. The van der Waals surface area contributed by atoms with Crippen molar-refractivity contribution in [3.8, 4) is 5.69 Å². The number of hydrogen-bond donors (Lipinski definition) is 1. The topological polar surface area (TPSA) is 42.2 Å². The van der Waals surface area contributed by atoms with Crippen LogP contribution in [0.15, 0.2) is 42.0 Å². The van der Waals surface area contributed by atoms with Crippen molar-refractivity contribution in [1.82, 2.24) is 4.57 Å². The molecule has 0 saturated carbocycles. The molecule has 2 aromatic rings. The van der Waals surface area contributed by atoms with E-state index in [1.54, 1.807) is 13.0 Å². The van der Waals surface area contributed by atoms with Crippen LogP contribution in [0.25, 0.3) is 11.8 Å². The van der Waals surface area contributed by atoms with Gasteiger partial charge in [-0.1, -0.05) is 18.2 Å². The Balaban J connectivity index is 2.53. The first-order valence-electron chi connectivity index (χ1n) is 6.16. The van der Waals surface area contributed by atoms with Gasteiger partial charge < -0.3 is 9.67 Å². The molecular weight excluding hydrogens is 238 g/mol. The average molecular weight is 255 g/mol. The molecule has 0 aliphatic heterocycles. The highest BCUT2D eigenvalue weighted by Gasteiger charge is 2.10. The molecule has 98 valence electrons. The van der Waals surface area contributed by atoms with Crippen LogP contribution in [0, 0.1) is 13.8 Å². The summed E-state index contributed by atoms with van der Waals surface area (Å²) < 4.78 is 2.13. The van der Waals surface area contributed by atoms with E-state index in [9.17, 15) is 4.79 Å². The van der Waals surface area contributed by atoms with E-state index >= 15 is 0 Å². The molecule has 1 aromatic carbocycles. The molecule has 0 aliphatic carbocycles. The molecule has 0 spiro atoms. The largest absolute Gasteiger partial charge is 0.478 e. The van der Waals surface area contributed by atoms with Gasteiger partial charge in [0.25, 0.3) is 0 Å². The lowest BCUT2D eigenvalue weighted by atomic mass is 10.1. The Morgan fingerprint density at radius 2 is 1.84 bits per heavy atom. The number of aryl methyl sites for hydroxylation is 1. The Morgan fingerprint density at radius 1 is 1.21 bits per heavy atom. The highest BCUT2D eigenvalue weighted by molar-refractivity contribution is 5.91. The van der Waals surface area contributed by atoms with Gasteiger partial charge in [-0.15, -0.1) is 0 Å². The summed E-state index contributed by atoms with van der Waals surface area (Å²) in [7, 11) is 0. The molecule has 19 heavy (non-hydrogen) atoms. The fourth-order valence-corrected chi connectivity index (χ4v) is 2.20. The van der Waals surface area contributed by atoms with E-state index in [4.69, 9.17) is 5.11 Å². The molecular formula is C16H17NO2. The minimum Gasteiger partial charge on any atom is -0.478 e. The first-order valence-corrected chi connectivity index (χ1v) is 6.16. The van der Waals surface area contributed by atoms with Crippen LogP contribution in [-0.4, -0.2) is 15.6 Å². The monoisotopic (exact) mass is 255 g/mol. The number of rotatable bonds is 3. The van der Waals surface area contributed by atoms with Gasteiger partial charge in [-0.05, 0) is 50.6 Å². The summed E-state index contributed by atoms with van der Waals surface area (Å²) in [5.74, 6) is -0.885. The molecule has 0 amide bonds. The Kier molecular flexibility index (Phi) is 3.56. The Bertz CT molecular complexity index is 636. The lowest BCUT2D eigenvalue weighted by Gasteiger charge is -2.09. The standard InChI is InChI=1S/C16H17NO2/c1-11(16(18)19)9-14-10-12(2)17(13(14)3)15-7-5-4-6-8-15/h4-10H,1-3H3,(H,18,19)/b11-9+. The zero-order valence-corrected chi connectivity index (χ0v) is 11.3. The van der Waals surface area contributed by atoms with Crippen molar-refractivity contribution >= 4 is 12.0 Å². The molecule has 0 aliphatic rings. The average Bonchev–Trinajstić information content (AvgIpc) is 2.65. The number of aliphatic carboxylic acids is 1. The molecule has 0 atom stereocenters.